The van der Waals surface area contributed by atoms with Crippen LogP contribution in [0.1, 0.15) is 5.56 Å². The van der Waals surface area contributed by atoms with Crippen LogP contribution in [0.3, 0.4) is 0 Å². The van der Waals surface area contributed by atoms with Gasteiger partial charge in [0.15, 0.2) is 6.23 Å². The Balaban J connectivity index is 2.36. The molecular weight excluding hydrogens is 291 g/mol. The molecule has 0 spiro atoms. The monoisotopic (exact) mass is 305 g/mol. The summed E-state index contributed by atoms with van der Waals surface area (Å²) in [6, 6.07) is 0.201. The van der Waals surface area contributed by atoms with Crippen LogP contribution in [0.5, 0.6) is 0 Å². The van der Waals surface area contributed by atoms with Gasteiger partial charge in [-0.2, -0.15) is 13.2 Å². The molecule has 2 rings (SSSR count). The summed E-state index contributed by atoms with van der Waals surface area (Å²) in [5.74, 6) is -0.257. The van der Waals surface area contributed by atoms with Gasteiger partial charge in [-0.25, -0.2) is 14.7 Å². The van der Waals surface area contributed by atoms with Gasteiger partial charge in [0.1, 0.15) is 11.9 Å². The van der Waals surface area contributed by atoms with Crippen molar-refractivity contribution in [3.05, 3.63) is 23.9 Å². The number of aliphatic hydroxyl groups is 1. The van der Waals surface area contributed by atoms with E-state index < -0.39 is 30.0 Å². The average Bonchev–Trinajstić information content (AvgIpc) is 2.62. The molecule has 6 nitrogen and oxygen atoms in total. The summed E-state index contributed by atoms with van der Waals surface area (Å²) in [5, 5.41) is 10.1. The van der Waals surface area contributed by atoms with E-state index in [1.807, 2.05) is 0 Å². The van der Waals surface area contributed by atoms with Gasteiger partial charge < -0.3 is 14.7 Å². The van der Waals surface area contributed by atoms with Crippen LogP contribution < -0.4 is 4.90 Å². The number of nitrogens with zero attached hydrogens (tertiary/aromatic N) is 3. The van der Waals surface area contributed by atoms with E-state index in [-0.39, 0.29) is 12.4 Å². The highest BCUT2D eigenvalue weighted by atomic mass is 19.4. The number of urea groups is 1. The zero-order valence-corrected chi connectivity index (χ0v) is 11.3. The van der Waals surface area contributed by atoms with Gasteiger partial charge in [-0.15, -0.1) is 0 Å². The van der Waals surface area contributed by atoms with Gasteiger partial charge in [-0.1, -0.05) is 0 Å². The highest BCUT2D eigenvalue weighted by Gasteiger charge is 2.45. The Bertz CT molecular complexity index is 538. The number of aromatic nitrogens is 1. The van der Waals surface area contributed by atoms with Crippen LogP contribution in [0.4, 0.5) is 23.8 Å². The molecule has 0 saturated carbocycles. The lowest BCUT2D eigenvalue weighted by molar-refractivity contribution is -0.137. The second-order valence-electron chi connectivity index (χ2n) is 4.60. The van der Waals surface area contributed by atoms with E-state index in [1.54, 1.807) is 0 Å². The Morgan fingerprint density at radius 3 is 2.71 bits per heavy atom. The van der Waals surface area contributed by atoms with Gasteiger partial charge in [0.05, 0.1) is 12.2 Å². The van der Waals surface area contributed by atoms with Crippen molar-refractivity contribution in [2.24, 2.45) is 0 Å². The van der Waals surface area contributed by atoms with Crippen LogP contribution in [-0.4, -0.2) is 54.1 Å². The maximum Gasteiger partial charge on any atom is 0.416 e. The van der Waals surface area contributed by atoms with Crippen LogP contribution in [0.15, 0.2) is 18.3 Å². The molecule has 2 unspecified atom stereocenters. The number of anilines is 1. The first-order valence-corrected chi connectivity index (χ1v) is 6.03. The number of carbonyl (C=O) groups is 1. The highest BCUT2D eigenvalue weighted by molar-refractivity contribution is 5.94. The number of ether oxygens (including phenoxy) is 1. The molecule has 1 aliphatic heterocycles. The van der Waals surface area contributed by atoms with Crippen LogP contribution in [0.25, 0.3) is 0 Å². The third kappa shape index (κ3) is 2.79. The second-order valence-corrected chi connectivity index (χ2v) is 4.60. The van der Waals surface area contributed by atoms with Crippen LogP contribution in [-0.2, 0) is 10.9 Å². The minimum absolute atomic E-state index is 0.0544. The van der Waals surface area contributed by atoms with E-state index >= 15 is 0 Å². The summed E-state index contributed by atoms with van der Waals surface area (Å²) in [7, 11) is 2.83. The summed E-state index contributed by atoms with van der Waals surface area (Å²) in [4.78, 5) is 17.8. The number of halogens is 3. The molecule has 0 aromatic carbocycles. The van der Waals surface area contributed by atoms with Crippen molar-refractivity contribution < 1.29 is 27.8 Å². The number of rotatable bonds is 3. The zero-order valence-electron chi connectivity index (χ0n) is 11.3. The van der Waals surface area contributed by atoms with Crippen molar-refractivity contribution in [3.8, 4) is 0 Å². The predicted octanol–water partition coefficient (Wildman–Crippen LogP) is 1.31. The lowest BCUT2D eigenvalue weighted by Gasteiger charge is -2.21. The first kappa shape index (κ1) is 15.5. The van der Waals surface area contributed by atoms with Gasteiger partial charge >= 0.3 is 12.2 Å². The van der Waals surface area contributed by atoms with Crippen molar-refractivity contribution in [2.75, 3.05) is 25.7 Å². The number of amides is 2. The van der Waals surface area contributed by atoms with E-state index in [0.29, 0.717) is 0 Å². The van der Waals surface area contributed by atoms with E-state index in [9.17, 15) is 23.1 Å². The number of methoxy groups -OCH3 is 1. The van der Waals surface area contributed by atoms with Crippen LogP contribution in [0, 0.1) is 0 Å². The number of hydrogen-bond donors (Lipinski definition) is 1. The van der Waals surface area contributed by atoms with Crippen molar-refractivity contribution in [1.82, 2.24) is 9.88 Å². The minimum atomic E-state index is -4.55. The predicted molar refractivity (Wildman–Crippen MR) is 66.5 cm³/mol. The lowest BCUT2D eigenvalue weighted by atomic mass is 10.2. The number of aliphatic hydroxyl groups excluding tert-OH is 1. The molecule has 0 bridgehead atoms. The number of likely N-dealkylation sites (N-methyl/N-ethyl adjacent to an activating group) is 1. The van der Waals surface area contributed by atoms with Gasteiger partial charge in [-0.3, -0.25) is 0 Å². The fraction of sp³-hybridized carbons (Fsp3) is 0.500. The van der Waals surface area contributed by atoms with Gasteiger partial charge in [0, 0.05) is 20.4 Å². The maximum atomic E-state index is 12.7. The molecule has 1 aromatic heterocycles. The molecule has 1 aromatic rings. The molecule has 2 atom stereocenters. The molecule has 0 radical (unpaired) electrons. The Morgan fingerprint density at radius 2 is 2.14 bits per heavy atom. The summed E-state index contributed by atoms with van der Waals surface area (Å²) in [6.07, 6.45) is -4.94. The summed E-state index contributed by atoms with van der Waals surface area (Å²) in [5.41, 5.74) is -0.939. The fourth-order valence-corrected chi connectivity index (χ4v) is 2.13. The van der Waals surface area contributed by atoms with Crippen LogP contribution in [0.2, 0.25) is 0 Å². The topological polar surface area (TPSA) is 65.9 Å². The minimum Gasteiger partial charge on any atom is -0.382 e. The maximum absolute atomic E-state index is 12.7. The molecule has 1 fully saturated rings. The number of pyridine rings is 1. The Morgan fingerprint density at radius 1 is 1.48 bits per heavy atom. The quantitative estimate of drug-likeness (QED) is 0.914. The highest BCUT2D eigenvalue weighted by Crippen LogP contribution is 2.33. The van der Waals surface area contributed by atoms with E-state index in [0.717, 1.165) is 23.2 Å². The number of alkyl halides is 3. The molecule has 1 saturated heterocycles. The summed E-state index contributed by atoms with van der Waals surface area (Å²) in [6.45, 7) is 0.0544. The fourth-order valence-electron chi connectivity index (χ4n) is 2.13. The largest absolute Gasteiger partial charge is 0.416 e. The molecule has 2 amide bonds. The molecule has 21 heavy (non-hydrogen) atoms. The SMILES string of the molecule is COCC1C(O)N(c2cc(C(F)(F)F)ccn2)C(=O)N1C. The van der Waals surface area contributed by atoms with Crippen molar-refractivity contribution in [2.45, 2.75) is 18.4 Å². The van der Waals surface area contributed by atoms with Gasteiger partial charge in [0.25, 0.3) is 0 Å². The molecule has 2 heterocycles. The third-order valence-electron chi connectivity index (χ3n) is 3.27. The normalized spacial score (nSPS) is 23.0. The molecule has 1 aliphatic rings. The van der Waals surface area contributed by atoms with Gasteiger partial charge in [0.2, 0.25) is 0 Å². The van der Waals surface area contributed by atoms with Crippen LogP contribution >= 0.6 is 0 Å². The zero-order chi connectivity index (χ0) is 15.8. The Labute approximate surface area is 118 Å². The molecule has 9 heteroatoms. The molecule has 0 aliphatic carbocycles. The first-order valence-electron chi connectivity index (χ1n) is 6.03. The smallest absolute Gasteiger partial charge is 0.382 e. The summed E-state index contributed by atoms with van der Waals surface area (Å²) < 4.78 is 43.0. The lowest BCUT2D eigenvalue weighted by Crippen LogP contribution is -2.39. The van der Waals surface area contributed by atoms with E-state index in [4.69, 9.17) is 4.74 Å². The van der Waals surface area contributed by atoms with E-state index in [2.05, 4.69) is 4.98 Å². The van der Waals surface area contributed by atoms with Crippen molar-refractivity contribution in [3.63, 3.8) is 0 Å². The van der Waals surface area contributed by atoms with Crippen molar-refractivity contribution >= 4 is 11.8 Å². The standard InChI is InChI=1S/C12H14F3N3O3/c1-17-8(6-21-2)10(19)18(11(17)20)9-5-7(3-4-16-9)12(13,14)15/h3-5,8,10,19H,6H2,1-2H3. The van der Waals surface area contributed by atoms with Gasteiger partial charge in [-0.05, 0) is 12.1 Å². The molecular formula is C12H14F3N3O3. The van der Waals surface area contributed by atoms with E-state index in [1.165, 1.54) is 19.1 Å². The first-order chi connectivity index (χ1) is 9.77. The molecule has 116 valence electrons. The van der Waals surface area contributed by atoms with Crippen molar-refractivity contribution in [1.29, 1.82) is 0 Å². The number of hydrogen-bond acceptors (Lipinski definition) is 4. The Kier molecular flexibility index (Phi) is 4.06. The number of carbonyl (C=O) groups excluding carboxylic acids is 1. The third-order valence-corrected chi connectivity index (χ3v) is 3.27. The Hall–Kier alpha value is -1.87. The summed E-state index contributed by atoms with van der Waals surface area (Å²) >= 11 is 0. The molecule has 1 N–H and O–H groups in total. The second kappa shape index (κ2) is 5.49. The average molecular weight is 305 g/mol.